The smallest absolute Gasteiger partial charge is 0.258 e. The molecule has 0 saturated heterocycles. The van der Waals surface area contributed by atoms with Gasteiger partial charge in [-0.15, -0.1) is 11.3 Å². The Kier molecular flexibility index (Phi) is 5.50. The van der Waals surface area contributed by atoms with Crippen molar-refractivity contribution in [3.63, 3.8) is 0 Å². The highest BCUT2D eigenvalue weighted by Gasteiger charge is 2.10. The lowest BCUT2D eigenvalue weighted by Gasteiger charge is -1.96. The summed E-state index contributed by atoms with van der Waals surface area (Å²) in [7, 11) is 0. The summed E-state index contributed by atoms with van der Waals surface area (Å²) in [6, 6.07) is 14.4. The molecule has 0 aliphatic rings. The minimum absolute atomic E-state index is 0.00602. The maximum absolute atomic E-state index is 13.0. The lowest BCUT2D eigenvalue weighted by Crippen LogP contribution is -1.90. The number of nitro groups is 1. The fourth-order valence-electron chi connectivity index (χ4n) is 2.35. The van der Waals surface area contributed by atoms with E-state index in [1.807, 2.05) is 0 Å². The van der Waals surface area contributed by atoms with Crippen LogP contribution in [0.4, 0.5) is 10.1 Å². The van der Waals surface area contributed by atoms with Gasteiger partial charge in [-0.2, -0.15) is 5.26 Å². The van der Waals surface area contributed by atoms with Crippen LogP contribution in [0.1, 0.15) is 10.6 Å². The van der Waals surface area contributed by atoms with Gasteiger partial charge < -0.3 is 0 Å². The molecule has 0 unspecified atom stereocenters. The molecule has 5 nitrogen and oxygen atoms in total. The fraction of sp³-hybridized carbons (Fsp3) is 0. The van der Waals surface area contributed by atoms with Crippen LogP contribution in [0, 0.1) is 27.3 Å². The molecule has 1 aromatic heterocycles. The molecule has 7 heteroatoms. The Morgan fingerprint density at radius 2 is 1.96 bits per heavy atom. The minimum atomic E-state index is -0.454. The maximum Gasteiger partial charge on any atom is 0.276 e. The van der Waals surface area contributed by atoms with Gasteiger partial charge in [-0.25, -0.2) is 9.37 Å². The number of nitro benzene ring substituents is 1. The van der Waals surface area contributed by atoms with Gasteiger partial charge >= 0.3 is 0 Å². The number of benzene rings is 2. The van der Waals surface area contributed by atoms with Crippen molar-refractivity contribution in [3.05, 3.63) is 92.6 Å². The Bertz CT molecular complexity index is 1080. The highest BCUT2D eigenvalue weighted by molar-refractivity contribution is 7.11. The number of halogens is 1. The van der Waals surface area contributed by atoms with Gasteiger partial charge in [-0.05, 0) is 42.5 Å². The number of hydrogen-bond acceptors (Lipinski definition) is 5. The highest BCUT2D eigenvalue weighted by Crippen LogP contribution is 2.26. The summed E-state index contributed by atoms with van der Waals surface area (Å²) < 4.78 is 13.0. The Labute approximate surface area is 158 Å². The van der Waals surface area contributed by atoms with Crippen molar-refractivity contribution in [2.75, 3.05) is 0 Å². The first-order valence-corrected chi connectivity index (χ1v) is 8.70. The molecule has 0 bridgehead atoms. The molecule has 0 aliphatic heterocycles. The molecule has 3 aromatic rings. The normalized spacial score (nSPS) is 11.5. The van der Waals surface area contributed by atoms with Crippen LogP contribution in [-0.4, -0.2) is 9.91 Å². The summed E-state index contributed by atoms with van der Waals surface area (Å²) in [6.45, 7) is 0. The molecule has 0 radical (unpaired) electrons. The molecule has 0 atom stereocenters. The first kappa shape index (κ1) is 18.2. The van der Waals surface area contributed by atoms with Crippen molar-refractivity contribution in [3.8, 4) is 17.3 Å². The quantitative estimate of drug-likeness (QED) is 0.255. The average Bonchev–Trinajstić information content (AvgIpc) is 3.16. The Morgan fingerprint density at radius 3 is 2.67 bits per heavy atom. The van der Waals surface area contributed by atoms with Crippen molar-refractivity contribution in [1.29, 1.82) is 5.26 Å². The number of hydrogen-bond donors (Lipinski definition) is 0. The zero-order valence-electron chi connectivity index (χ0n) is 13.9. The molecule has 0 fully saturated rings. The molecule has 0 aliphatic carbocycles. The molecule has 27 heavy (non-hydrogen) atoms. The number of rotatable bonds is 5. The molecule has 0 saturated carbocycles. The summed E-state index contributed by atoms with van der Waals surface area (Å²) in [5.41, 5.74) is 2.18. The van der Waals surface area contributed by atoms with E-state index in [0.717, 1.165) is 5.56 Å². The van der Waals surface area contributed by atoms with Gasteiger partial charge in [0.05, 0.1) is 21.8 Å². The molecule has 1 heterocycles. The first-order valence-electron chi connectivity index (χ1n) is 7.82. The van der Waals surface area contributed by atoms with E-state index in [4.69, 9.17) is 0 Å². The SMILES string of the molecule is N#CC(=CC=Cc1ccccc1[N+](=O)[O-])c1nc(-c2ccc(F)cc2)cs1. The Hall–Kier alpha value is -3.63. The van der Waals surface area contributed by atoms with Crippen LogP contribution in [-0.2, 0) is 0 Å². The van der Waals surface area contributed by atoms with E-state index < -0.39 is 4.92 Å². The van der Waals surface area contributed by atoms with E-state index in [1.165, 1.54) is 29.5 Å². The van der Waals surface area contributed by atoms with Crippen LogP contribution in [0.15, 0.2) is 66.1 Å². The number of thiazole rings is 1. The lowest BCUT2D eigenvalue weighted by atomic mass is 10.1. The second-order valence-electron chi connectivity index (χ2n) is 5.41. The Morgan fingerprint density at radius 1 is 1.22 bits per heavy atom. The van der Waals surface area contributed by atoms with Crippen LogP contribution in [0.3, 0.4) is 0 Å². The highest BCUT2D eigenvalue weighted by atomic mass is 32.1. The predicted octanol–water partition coefficient (Wildman–Crippen LogP) is 5.48. The zero-order chi connectivity index (χ0) is 19.2. The van der Waals surface area contributed by atoms with Gasteiger partial charge in [-0.3, -0.25) is 10.1 Å². The summed E-state index contributed by atoms with van der Waals surface area (Å²) >= 11 is 1.30. The lowest BCUT2D eigenvalue weighted by molar-refractivity contribution is -0.385. The molecule has 0 amide bonds. The van der Waals surface area contributed by atoms with Gasteiger partial charge in [-0.1, -0.05) is 18.2 Å². The second-order valence-corrected chi connectivity index (χ2v) is 6.27. The van der Waals surface area contributed by atoms with E-state index in [0.29, 0.717) is 21.8 Å². The van der Waals surface area contributed by atoms with Crippen molar-refractivity contribution in [2.45, 2.75) is 0 Å². The van der Waals surface area contributed by atoms with Crippen LogP contribution < -0.4 is 0 Å². The number of nitrogens with zero attached hydrogens (tertiary/aromatic N) is 3. The number of allylic oxidation sites excluding steroid dienone is 3. The molecule has 0 spiro atoms. The van der Waals surface area contributed by atoms with E-state index in [9.17, 15) is 19.8 Å². The summed E-state index contributed by atoms with van der Waals surface area (Å²) in [5.74, 6) is -0.327. The van der Waals surface area contributed by atoms with Gasteiger partial charge in [0, 0.05) is 17.0 Å². The van der Waals surface area contributed by atoms with Crippen LogP contribution in [0.2, 0.25) is 0 Å². The molecule has 0 N–H and O–H groups in total. The van der Waals surface area contributed by atoms with E-state index in [1.54, 1.807) is 53.9 Å². The van der Waals surface area contributed by atoms with Crippen LogP contribution in [0.25, 0.3) is 22.9 Å². The van der Waals surface area contributed by atoms with Gasteiger partial charge in [0.2, 0.25) is 0 Å². The van der Waals surface area contributed by atoms with Crippen LogP contribution >= 0.6 is 11.3 Å². The van der Waals surface area contributed by atoms with E-state index in [-0.39, 0.29) is 11.5 Å². The Balaban J connectivity index is 1.85. The third kappa shape index (κ3) is 4.32. The fourth-order valence-corrected chi connectivity index (χ4v) is 3.15. The van der Waals surface area contributed by atoms with Gasteiger partial charge in [0.15, 0.2) is 0 Å². The van der Waals surface area contributed by atoms with Crippen molar-refractivity contribution < 1.29 is 9.31 Å². The third-order valence-corrected chi connectivity index (χ3v) is 4.54. The van der Waals surface area contributed by atoms with Crippen molar-refractivity contribution in [1.82, 2.24) is 4.98 Å². The average molecular weight is 377 g/mol. The summed E-state index contributed by atoms with van der Waals surface area (Å²) in [4.78, 5) is 15.0. The molecule has 3 rings (SSSR count). The predicted molar refractivity (Wildman–Crippen MR) is 103 cm³/mol. The summed E-state index contributed by atoms with van der Waals surface area (Å²) in [6.07, 6.45) is 4.72. The largest absolute Gasteiger partial charge is 0.276 e. The molecule has 132 valence electrons. The molecular weight excluding hydrogens is 365 g/mol. The number of nitriles is 1. The zero-order valence-corrected chi connectivity index (χ0v) is 14.7. The minimum Gasteiger partial charge on any atom is -0.258 e. The topological polar surface area (TPSA) is 79.8 Å². The number of para-hydroxylation sites is 1. The van der Waals surface area contributed by atoms with E-state index >= 15 is 0 Å². The molecule has 2 aromatic carbocycles. The monoisotopic (exact) mass is 377 g/mol. The standard InChI is InChI=1S/C20H12FN3O2S/c21-17-10-8-14(9-11-17)18-13-27-20(23-18)16(12-22)6-3-5-15-4-1-2-7-19(15)24(25)26/h1-11,13H. The first-order chi connectivity index (χ1) is 13.1. The van der Waals surface area contributed by atoms with E-state index in [2.05, 4.69) is 11.1 Å². The van der Waals surface area contributed by atoms with Crippen molar-refractivity contribution >= 4 is 28.7 Å². The second kappa shape index (κ2) is 8.17. The van der Waals surface area contributed by atoms with Gasteiger partial charge in [0.1, 0.15) is 16.9 Å². The van der Waals surface area contributed by atoms with Gasteiger partial charge in [0.25, 0.3) is 5.69 Å². The number of aromatic nitrogens is 1. The van der Waals surface area contributed by atoms with Crippen molar-refractivity contribution in [2.24, 2.45) is 0 Å². The maximum atomic E-state index is 13.0. The third-order valence-electron chi connectivity index (χ3n) is 3.67. The molecular formula is C20H12FN3O2S. The van der Waals surface area contributed by atoms with Crippen LogP contribution in [0.5, 0.6) is 0 Å². The summed E-state index contributed by atoms with van der Waals surface area (Å²) in [5, 5.41) is 22.7.